The maximum atomic E-state index is 13.3. The average Bonchev–Trinajstić information content (AvgIpc) is 3.68. The summed E-state index contributed by atoms with van der Waals surface area (Å²) in [6, 6.07) is 15.5. The number of ether oxygens (including phenoxy) is 4. The molecule has 4 saturated heterocycles. The van der Waals surface area contributed by atoms with E-state index in [0.29, 0.717) is 44.5 Å². The number of aromatic nitrogens is 2. The second-order valence-corrected chi connectivity index (χ2v) is 24.0. The van der Waals surface area contributed by atoms with E-state index in [-0.39, 0.29) is 68.1 Å². The third-order valence-electron chi connectivity index (χ3n) is 15.4. The van der Waals surface area contributed by atoms with Crippen molar-refractivity contribution in [3.05, 3.63) is 101 Å². The number of pyridine rings is 2. The van der Waals surface area contributed by atoms with Gasteiger partial charge in [-0.1, -0.05) is 64.5 Å². The monoisotopic (exact) mass is 1210 g/mol. The lowest BCUT2D eigenvalue weighted by Crippen LogP contribution is -2.61. The highest BCUT2D eigenvalue weighted by molar-refractivity contribution is 9.10. The van der Waals surface area contributed by atoms with Crippen molar-refractivity contribution < 1.29 is 57.3 Å². The summed E-state index contributed by atoms with van der Waals surface area (Å²) in [6.45, 7) is 19.1. The van der Waals surface area contributed by atoms with E-state index in [1.165, 1.54) is 16.1 Å². The van der Waals surface area contributed by atoms with Crippen LogP contribution < -0.4 is 32.1 Å². The zero-order valence-electron chi connectivity index (χ0n) is 48.1. The number of carbonyl (C=O) groups excluding carboxylic acids is 8. The molecule has 6 N–H and O–H groups in total. The minimum atomic E-state index is -1.11. The smallest absolute Gasteiger partial charge is 0.316 e. The van der Waals surface area contributed by atoms with Crippen molar-refractivity contribution in [2.24, 2.45) is 22.7 Å². The van der Waals surface area contributed by atoms with Gasteiger partial charge in [-0.2, -0.15) is 0 Å². The van der Waals surface area contributed by atoms with Gasteiger partial charge in [-0.05, 0) is 117 Å². The Balaban J connectivity index is 0.000000217. The van der Waals surface area contributed by atoms with Crippen LogP contribution in [0.2, 0.25) is 0 Å². The Morgan fingerprint density at radius 2 is 1.49 bits per heavy atom. The van der Waals surface area contributed by atoms with E-state index in [1.807, 2.05) is 80.6 Å². The molecule has 23 heteroatoms. The highest BCUT2D eigenvalue weighted by atomic mass is 79.9. The number of nitrogens with one attached hydrogen (secondary N) is 6. The molecule has 0 aliphatic carbocycles. The largest absolute Gasteiger partial charge is 0.451 e. The topological polar surface area (TPSA) is 278 Å². The zero-order valence-corrected chi connectivity index (χ0v) is 49.7. The third kappa shape index (κ3) is 15.2. The van der Waals surface area contributed by atoms with Crippen LogP contribution in [-0.2, 0) is 57.3 Å². The van der Waals surface area contributed by atoms with E-state index >= 15 is 0 Å². The van der Waals surface area contributed by atoms with Crippen LogP contribution in [0.5, 0.6) is 0 Å². The normalized spacial score (nSPS) is 24.2. The SMILES string of the molecule is C=CC(C)(C)C(=O)OC(C(=O)N[C@@H](C)C(=O)N1CCC[C@@H](C(=O)N[C@H](C)c2ccc3ccc(Br)cc3n2)N1)C1COC1.C[C@@H]1NC(=O)[C@H](C2COC2)OC(=O)C(C)(C)/C=C/c2ccc3ccc(nc3c2)[C@@H](C)NC(=O)[C@@H]2CCCN(N2)C1=O. The maximum Gasteiger partial charge on any atom is 0.316 e. The molecule has 1 unspecified atom stereocenters. The van der Waals surface area contributed by atoms with Gasteiger partial charge < -0.3 is 40.2 Å². The van der Waals surface area contributed by atoms with Gasteiger partial charge in [0, 0.05) is 28.3 Å². The van der Waals surface area contributed by atoms with Gasteiger partial charge in [0.05, 0.1) is 83.6 Å². The van der Waals surface area contributed by atoms with Gasteiger partial charge >= 0.3 is 11.9 Å². The molecule has 444 valence electrons. The molecular weight excluding hydrogens is 1130 g/mol. The van der Waals surface area contributed by atoms with Gasteiger partial charge in [0.1, 0.15) is 24.2 Å². The highest BCUT2D eigenvalue weighted by Gasteiger charge is 2.43. The van der Waals surface area contributed by atoms with Gasteiger partial charge in [0.15, 0.2) is 12.2 Å². The average molecular weight is 1210 g/mol. The van der Waals surface area contributed by atoms with Crippen LogP contribution in [0.25, 0.3) is 27.9 Å². The Morgan fingerprint density at radius 1 is 0.831 bits per heavy atom. The number of hydrazine groups is 2. The molecule has 5 aliphatic rings. The number of nitrogens with zero attached hydrogens (tertiary/aromatic N) is 4. The molecule has 4 fully saturated rings. The van der Waals surface area contributed by atoms with Crippen LogP contribution in [0.1, 0.15) is 110 Å². The second-order valence-electron chi connectivity index (χ2n) is 23.0. The van der Waals surface area contributed by atoms with Crippen LogP contribution in [-0.4, -0.2) is 143 Å². The third-order valence-corrected chi connectivity index (χ3v) is 15.9. The number of hydrogen-bond acceptors (Lipinski definition) is 16. The predicted octanol–water partition coefficient (Wildman–Crippen LogP) is 4.97. The Kier molecular flexibility index (Phi) is 19.8. The van der Waals surface area contributed by atoms with Gasteiger partial charge in [-0.25, -0.2) is 10.9 Å². The van der Waals surface area contributed by atoms with Gasteiger partial charge in [-0.3, -0.25) is 58.3 Å². The first-order valence-corrected chi connectivity index (χ1v) is 28.9. The minimum Gasteiger partial charge on any atom is -0.451 e. The lowest BCUT2D eigenvalue weighted by Gasteiger charge is -2.36. The number of rotatable bonds is 11. The van der Waals surface area contributed by atoms with Crippen molar-refractivity contribution in [3.63, 3.8) is 0 Å². The van der Waals surface area contributed by atoms with E-state index in [2.05, 4.69) is 59.6 Å². The molecule has 0 spiro atoms. The first-order valence-electron chi connectivity index (χ1n) is 28.1. The van der Waals surface area contributed by atoms with Crippen LogP contribution in [0.15, 0.2) is 83.9 Å². The molecule has 7 heterocycles. The number of fused-ring (bicyclic) bond motifs is 5. The fourth-order valence-electron chi connectivity index (χ4n) is 9.64. The van der Waals surface area contributed by atoms with Gasteiger partial charge in [0.25, 0.3) is 23.6 Å². The Hall–Kier alpha value is -7.18. The Bertz CT molecular complexity index is 3170. The van der Waals surface area contributed by atoms with Crippen LogP contribution in [0.3, 0.4) is 0 Å². The van der Waals surface area contributed by atoms with Crippen molar-refractivity contribution >= 4 is 91.2 Å². The maximum absolute atomic E-state index is 13.3. The summed E-state index contributed by atoms with van der Waals surface area (Å²) < 4.78 is 22.7. The van der Waals surface area contributed by atoms with Crippen LogP contribution in [0.4, 0.5) is 0 Å². The summed E-state index contributed by atoms with van der Waals surface area (Å²) in [5, 5.41) is 16.1. The summed E-state index contributed by atoms with van der Waals surface area (Å²) >= 11 is 3.46. The molecule has 4 aromatic rings. The molecule has 2 aromatic heterocycles. The summed E-state index contributed by atoms with van der Waals surface area (Å²) in [5.74, 6) is -4.20. The van der Waals surface area contributed by atoms with Crippen molar-refractivity contribution in [2.75, 3.05) is 39.5 Å². The van der Waals surface area contributed by atoms with Crippen molar-refractivity contribution in [1.29, 1.82) is 0 Å². The number of hydrogen-bond donors (Lipinski definition) is 6. The predicted molar refractivity (Wildman–Crippen MR) is 310 cm³/mol. The Labute approximate surface area is 491 Å². The van der Waals surface area contributed by atoms with Crippen LogP contribution in [0, 0.1) is 22.7 Å². The molecular formula is C60H75BrN10O12. The van der Waals surface area contributed by atoms with E-state index in [0.717, 1.165) is 37.5 Å². The number of amides is 6. The van der Waals surface area contributed by atoms with Gasteiger partial charge in [-0.15, -0.1) is 6.58 Å². The minimum absolute atomic E-state index is 0.240. The van der Waals surface area contributed by atoms with Crippen molar-refractivity contribution in [3.8, 4) is 0 Å². The van der Waals surface area contributed by atoms with E-state index in [4.69, 9.17) is 23.9 Å². The second kappa shape index (κ2) is 26.6. The summed E-state index contributed by atoms with van der Waals surface area (Å²) in [5.41, 5.74) is 7.85. The molecule has 5 bridgehead atoms. The number of halogens is 1. The molecule has 2 aromatic carbocycles. The Morgan fingerprint density at radius 3 is 2.18 bits per heavy atom. The summed E-state index contributed by atoms with van der Waals surface area (Å²) in [7, 11) is 0. The van der Waals surface area contributed by atoms with E-state index in [1.54, 1.807) is 47.6 Å². The molecule has 0 radical (unpaired) electrons. The molecule has 0 saturated carbocycles. The number of benzene rings is 2. The number of carbonyl (C=O) groups is 8. The summed E-state index contributed by atoms with van der Waals surface area (Å²) in [4.78, 5) is 115. The van der Waals surface area contributed by atoms with Gasteiger partial charge in [0.2, 0.25) is 11.8 Å². The first-order chi connectivity index (χ1) is 39.4. The number of cyclic esters (lactones) is 1. The highest BCUT2D eigenvalue weighted by Crippen LogP contribution is 2.29. The quantitative estimate of drug-likeness (QED) is 0.0855. The molecule has 9 rings (SSSR count). The lowest BCUT2D eigenvalue weighted by atomic mass is 9.91. The van der Waals surface area contributed by atoms with Crippen molar-refractivity contribution in [2.45, 2.75) is 130 Å². The molecule has 5 aliphatic heterocycles. The number of esters is 2. The van der Waals surface area contributed by atoms with Crippen molar-refractivity contribution in [1.82, 2.24) is 52.1 Å². The fraction of sp³-hybridized carbons (Fsp3) is 0.500. The molecule has 22 nitrogen and oxygen atoms in total. The summed E-state index contributed by atoms with van der Waals surface area (Å²) in [6.07, 6.45) is 5.13. The van der Waals surface area contributed by atoms with E-state index < -0.39 is 76.9 Å². The zero-order chi connectivity index (χ0) is 59.9. The van der Waals surface area contributed by atoms with E-state index in [9.17, 15) is 38.4 Å². The van der Waals surface area contributed by atoms with Crippen LogP contribution >= 0.6 is 15.9 Å². The molecule has 83 heavy (non-hydrogen) atoms. The lowest BCUT2D eigenvalue weighted by molar-refractivity contribution is -0.177. The molecule has 8 atom stereocenters. The standard InChI is InChI=1S/C30H38BrN5O6.C30H37N5O6/c1-6-30(4,5)29(40)42-25(20-15-41-16-20)27(38)33-18(3)28(39)36-13-7-8-23(35-36)26(37)32-17(2)22-12-10-19-9-11-21(31)14-24(19)34-22;1-17-22-10-9-20-8-7-19(14-24(20)33-22)11-12-30(3,4)29(39)41-25(21-15-40-16-21)27(37)32-18(2)28(38)35-13-5-6-23(34-35)26(36)31-17/h6,9-12,14,17-18,20,23,25,35H,1,7-8,13,15-16H2,2-5H3,(H,32,37)(H,33,38);7-12,14,17-18,21,23,25,34H,5-6,13,15-16H2,1-4H3,(H,31,36)(H,32,37)/b;12-11+/t17-,18+,23+,25?;17-,18+,23+,25+/m11/s1. The molecule has 6 amide bonds. The fourth-order valence-corrected chi connectivity index (χ4v) is 9.99. The first kappa shape index (κ1) is 61.9.